The van der Waals surface area contributed by atoms with Crippen molar-refractivity contribution in [2.45, 2.75) is 5.38 Å². The summed E-state index contributed by atoms with van der Waals surface area (Å²) in [6, 6.07) is 9.95. The number of benzene rings is 1. The Hall–Kier alpha value is 0.710. The van der Waals surface area contributed by atoms with E-state index in [0.29, 0.717) is 0 Å². The zero-order chi connectivity index (χ0) is 11.7. The van der Waals surface area contributed by atoms with Gasteiger partial charge in [-0.15, -0.1) is 22.9 Å². The van der Waals surface area contributed by atoms with Crippen molar-refractivity contribution in [3.05, 3.63) is 53.2 Å². The fourth-order valence-corrected chi connectivity index (χ4v) is 3.60. The molecule has 1 atom stereocenters. The maximum atomic E-state index is 6.40. The lowest BCUT2D eigenvalue weighted by molar-refractivity contribution is 1.18. The molecular weight excluding hydrogens is 442 g/mol. The predicted molar refractivity (Wildman–Crippen MR) is 83.9 cm³/mol. The molecule has 1 aromatic carbocycles. The Morgan fingerprint density at radius 2 is 2.00 bits per heavy atom. The van der Waals surface area contributed by atoms with Gasteiger partial charge in [-0.2, -0.15) is 0 Å². The lowest BCUT2D eigenvalue weighted by atomic mass is 10.1. The molecule has 0 aliphatic carbocycles. The molecule has 0 bridgehead atoms. The zero-order valence-corrected chi connectivity index (χ0v) is 14.0. The highest BCUT2D eigenvalue weighted by Gasteiger charge is 2.14. The van der Waals surface area contributed by atoms with Gasteiger partial charge in [-0.1, -0.05) is 17.7 Å². The van der Waals surface area contributed by atoms with E-state index in [1.165, 1.54) is 0 Å². The van der Waals surface area contributed by atoms with E-state index in [2.05, 4.69) is 38.5 Å². The summed E-state index contributed by atoms with van der Waals surface area (Å²) in [5.74, 6) is 0. The van der Waals surface area contributed by atoms with E-state index < -0.39 is 0 Å². The van der Waals surface area contributed by atoms with Crippen molar-refractivity contribution in [1.82, 2.24) is 0 Å². The van der Waals surface area contributed by atoms with Gasteiger partial charge in [0.25, 0.3) is 0 Å². The highest BCUT2D eigenvalue weighted by molar-refractivity contribution is 14.1. The minimum Gasteiger partial charge on any atom is -0.131 e. The Kier molecular flexibility index (Phi) is 4.58. The van der Waals surface area contributed by atoms with Crippen molar-refractivity contribution in [2.24, 2.45) is 0 Å². The molecule has 0 radical (unpaired) electrons. The van der Waals surface area contributed by atoms with Crippen LogP contribution in [0, 0.1) is 3.57 Å². The Labute approximate surface area is 130 Å². The van der Waals surface area contributed by atoms with Crippen LogP contribution in [0.5, 0.6) is 0 Å². The molecular formula is C11H6BrCl2IS. The molecule has 2 aromatic rings. The maximum absolute atomic E-state index is 6.40. The van der Waals surface area contributed by atoms with Crippen molar-refractivity contribution in [1.29, 1.82) is 0 Å². The predicted octanol–water partition coefficient (Wildman–Crippen LogP) is 6.10. The SMILES string of the molecule is Clc1cc(C(Cl)c2ccc(Br)s2)ccc1I. The first-order chi connectivity index (χ1) is 7.58. The van der Waals surface area contributed by atoms with Gasteiger partial charge in [0, 0.05) is 8.45 Å². The first-order valence-corrected chi connectivity index (χ1v) is 7.92. The van der Waals surface area contributed by atoms with Gasteiger partial charge in [0.15, 0.2) is 0 Å². The minimum absolute atomic E-state index is 0.134. The van der Waals surface area contributed by atoms with Crippen LogP contribution in [0.2, 0.25) is 5.02 Å². The van der Waals surface area contributed by atoms with Crippen LogP contribution < -0.4 is 0 Å². The molecule has 0 nitrogen and oxygen atoms in total. The summed E-state index contributed by atoms with van der Waals surface area (Å²) in [7, 11) is 0. The van der Waals surface area contributed by atoms with Gasteiger partial charge in [-0.25, -0.2) is 0 Å². The van der Waals surface area contributed by atoms with Crippen molar-refractivity contribution < 1.29 is 0 Å². The molecule has 0 amide bonds. The smallest absolute Gasteiger partial charge is 0.0928 e. The Morgan fingerprint density at radius 1 is 1.25 bits per heavy atom. The average Bonchev–Trinajstić information content (AvgIpc) is 2.68. The van der Waals surface area contributed by atoms with E-state index in [0.717, 1.165) is 22.8 Å². The first kappa shape index (κ1) is 13.1. The van der Waals surface area contributed by atoms with E-state index in [1.807, 2.05) is 30.3 Å². The van der Waals surface area contributed by atoms with Crippen molar-refractivity contribution >= 4 is 73.1 Å². The molecule has 84 valence electrons. The summed E-state index contributed by atoms with van der Waals surface area (Å²) in [4.78, 5) is 1.12. The zero-order valence-electron chi connectivity index (χ0n) is 7.88. The number of hydrogen-bond acceptors (Lipinski definition) is 1. The van der Waals surface area contributed by atoms with E-state index in [9.17, 15) is 0 Å². The van der Waals surface area contributed by atoms with Crippen LogP contribution >= 0.6 is 73.1 Å². The second-order valence-corrected chi connectivity index (χ2v) is 7.68. The number of rotatable bonds is 2. The van der Waals surface area contributed by atoms with E-state index in [1.54, 1.807) is 11.3 Å². The fraction of sp³-hybridized carbons (Fsp3) is 0.0909. The second-order valence-electron chi connectivity index (χ2n) is 3.18. The van der Waals surface area contributed by atoms with Crippen LogP contribution in [0.4, 0.5) is 0 Å². The molecule has 1 aromatic heterocycles. The third kappa shape index (κ3) is 2.93. The summed E-state index contributed by atoms with van der Waals surface area (Å²) >= 11 is 19.8. The van der Waals surface area contributed by atoms with Crippen molar-refractivity contribution in [3.8, 4) is 0 Å². The van der Waals surface area contributed by atoms with Crippen LogP contribution in [0.3, 0.4) is 0 Å². The van der Waals surface area contributed by atoms with Crippen LogP contribution in [-0.2, 0) is 0 Å². The molecule has 0 spiro atoms. The van der Waals surface area contributed by atoms with E-state index in [-0.39, 0.29) is 5.38 Å². The molecule has 16 heavy (non-hydrogen) atoms. The molecule has 1 unspecified atom stereocenters. The highest BCUT2D eigenvalue weighted by atomic mass is 127. The Balaban J connectivity index is 2.33. The average molecular weight is 448 g/mol. The molecule has 0 fully saturated rings. The molecule has 1 heterocycles. The third-order valence-corrected chi connectivity index (χ3v) is 5.96. The van der Waals surface area contributed by atoms with Crippen LogP contribution in [0.1, 0.15) is 15.8 Å². The fourth-order valence-electron chi connectivity index (χ4n) is 1.30. The topological polar surface area (TPSA) is 0 Å². The van der Waals surface area contributed by atoms with Gasteiger partial charge in [0.2, 0.25) is 0 Å². The number of alkyl halides is 1. The monoisotopic (exact) mass is 446 g/mol. The number of halogens is 4. The summed E-state index contributed by atoms with van der Waals surface area (Å²) in [5, 5.41) is 0.616. The van der Waals surface area contributed by atoms with Gasteiger partial charge in [-0.3, -0.25) is 0 Å². The summed E-state index contributed by atoms with van der Waals surface area (Å²) in [6.45, 7) is 0. The normalized spacial score (nSPS) is 12.8. The summed E-state index contributed by atoms with van der Waals surface area (Å²) in [5.41, 5.74) is 1.03. The third-order valence-electron chi connectivity index (χ3n) is 2.08. The first-order valence-electron chi connectivity index (χ1n) is 4.42. The lowest BCUT2D eigenvalue weighted by Crippen LogP contribution is -1.90. The van der Waals surface area contributed by atoms with Crippen LogP contribution in [0.25, 0.3) is 0 Å². The molecule has 0 saturated heterocycles. The Bertz CT molecular complexity index is 512. The Morgan fingerprint density at radius 3 is 2.56 bits per heavy atom. The van der Waals surface area contributed by atoms with Gasteiger partial charge >= 0.3 is 0 Å². The van der Waals surface area contributed by atoms with Gasteiger partial charge < -0.3 is 0 Å². The lowest BCUT2D eigenvalue weighted by Gasteiger charge is -2.08. The largest absolute Gasteiger partial charge is 0.131 e. The highest BCUT2D eigenvalue weighted by Crippen LogP contribution is 2.36. The maximum Gasteiger partial charge on any atom is 0.0928 e. The standard InChI is InChI=1S/C11H6BrCl2IS/c12-10-4-3-9(16-10)11(14)6-1-2-8(15)7(13)5-6/h1-5,11H. The molecule has 5 heteroatoms. The summed E-state index contributed by atoms with van der Waals surface area (Å²) < 4.78 is 2.13. The molecule has 0 N–H and O–H groups in total. The number of hydrogen-bond donors (Lipinski definition) is 0. The van der Waals surface area contributed by atoms with Gasteiger partial charge in [0.05, 0.1) is 14.2 Å². The van der Waals surface area contributed by atoms with Crippen LogP contribution in [0.15, 0.2) is 34.1 Å². The van der Waals surface area contributed by atoms with Crippen molar-refractivity contribution in [3.63, 3.8) is 0 Å². The van der Waals surface area contributed by atoms with E-state index in [4.69, 9.17) is 23.2 Å². The molecule has 0 aliphatic heterocycles. The quantitative estimate of drug-likeness (QED) is 0.385. The molecule has 0 saturated carbocycles. The second kappa shape index (κ2) is 5.57. The summed E-state index contributed by atoms with van der Waals surface area (Å²) in [6.07, 6.45) is 0. The van der Waals surface area contributed by atoms with Crippen molar-refractivity contribution in [2.75, 3.05) is 0 Å². The van der Waals surface area contributed by atoms with E-state index >= 15 is 0 Å². The van der Waals surface area contributed by atoms with Gasteiger partial charge in [0.1, 0.15) is 0 Å². The van der Waals surface area contributed by atoms with Crippen LogP contribution in [-0.4, -0.2) is 0 Å². The molecule has 0 aliphatic rings. The molecule has 2 rings (SSSR count). The minimum atomic E-state index is -0.134. The van der Waals surface area contributed by atoms with Gasteiger partial charge in [-0.05, 0) is 68.3 Å². The number of thiophene rings is 1.